The third kappa shape index (κ3) is 4.80. The standard InChI is InChI=1S/C29H24BrN3O/c1-20-7-5-9-23(17-20)29(34)31-25-10-6-8-22(18-25)27-19-28(21-13-15-24(30)16-14-21)33(32-27)26-11-3-2-4-12-26/h2-18,28H,19H2,1H3,(H,31,34). The molecule has 1 atom stereocenters. The van der Waals surface area contributed by atoms with Gasteiger partial charge in [0.05, 0.1) is 17.4 Å². The lowest BCUT2D eigenvalue weighted by Crippen LogP contribution is -2.18. The first-order chi connectivity index (χ1) is 16.6. The highest BCUT2D eigenvalue weighted by Gasteiger charge is 2.30. The number of aryl methyl sites for hydroxylation is 1. The quantitative estimate of drug-likeness (QED) is 0.305. The number of nitrogens with one attached hydrogen (secondary N) is 1. The fourth-order valence-electron chi connectivity index (χ4n) is 4.21. The van der Waals surface area contributed by atoms with E-state index in [1.165, 1.54) is 5.56 Å². The van der Waals surface area contributed by atoms with Crippen LogP contribution in [0, 0.1) is 6.92 Å². The molecule has 1 amide bonds. The lowest BCUT2D eigenvalue weighted by Gasteiger charge is -2.24. The molecule has 0 radical (unpaired) electrons. The van der Waals surface area contributed by atoms with Crippen LogP contribution in [0.2, 0.25) is 0 Å². The normalized spacial score (nSPS) is 15.2. The van der Waals surface area contributed by atoms with Crippen molar-refractivity contribution in [3.8, 4) is 0 Å². The Balaban J connectivity index is 1.43. The second-order valence-electron chi connectivity index (χ2n) is 8.40. The molecule has 0 aliphatic carbocycles. The van der Waals surface area contributed by atoms with E-state index in [0.717, 1.165) is 39.1 Å². The van der Waals surface area contributed by atoms with Crippen LogP contribution in [0.5, 0.6) is 0 Å². The van der Waals surface area contributed by atoms with Crippen LogP contribution in [0.25, 0.3) is 0 Å². The Kier molecular flexibility index (Phi) is 6.28. The van der Waals surface area contributed by atoms with Crippen LogP contribution in [0.4, 0.5) is 11.4 Å². The number of rotatable bonds is 5. The molecule has 4 aromatic rings. The van der Waals surface area contributed by atoms with Gasteiger partial charge in [-0.25, -0.2) is 0 Å². The SMILES string of the molecule is Cc1cccc(C(=O)Nc2cccc(C3=NN(c4ccccc4)C(c4ccc(Br)cc4)C3)c2)c1. The van der Waals surface area contributed by atoms with Gasteiger partial charge in [-0.3, -0.25) is 9.80 Å². The average molecular weight is 510 g/mol. The number of hydrazone groups is 1. The number of nitrogens with zero attached hydrogens (tertiary/aromatic N) is 2. The molecule has 1 unspecified atom stereocenters. The fourth-order valence-corrected chi connectivity index (χ4v) is 4.48. The number of benzene rings is 4. The molecule has 4 nitrogen and oxygen atoms in total. The van der Waals surface area contributed by atoms with E-state index in [-0.39, 0.29) is 11.9 Å². The summed E-state index contributed by atoms with van der Waals surface area (Å²) in [5.74, 6) is -0.118. The minimum atomic E-state index is -0.118. The monoisotopic (exact) mass is 509 g/mol. The van der Waals surface area contributed by atoms with Gasteiger partial charge in [0, 0.05) is 22.1 Å². The van der Waals surface area contributed by atoms with Crippen molar-refractivity contribution < 1.29 is 4.79 Å². The molecular formula is C29H24BrN3O. The summed E-state index contributed by atoms with van der Waals surface area (Å²) >= 11 is 3.53. The van der Waals surface area contributed by atoms with E-state index in [9.17, 15) is 4.79 Å². The zero-order valence-electron chi connectivity index (χ0n) is 18.8. The zero-order valence-corrected chi connectivity index (χ0v) is 20.4. The summed E-state index contributed by atoms with van der Waals surface area (Å²) in [7, 11) is 0. The lowest BCUT2D eigenvalue weighted by molar-refractivity contribution is 0.102. The van der Waals surface area contributed by atoms with Crippen molar-refractivity contribution in [2.45, 2.75) is 19.4 Å². The van der Waals surface area contributed by atoms with Crippen LogP contribution in [-0.2, 0) is 0 Å². The number of amides is 1. The molecule has 34 heavy (non-hydrogen) atoms. The molecule has 5 heteroatoms. The molecule has 0 saturated heterocycles. The first kappa shape index (κ1) is 22.1. The molecule has 1 aliphatic heterocycles. The topological polar surface area (TPSA) is 44.7 Å². The summed E-state index contributed by atoms with van der Waals surface area (Å²) in [4.78, 5) is 12.7. The van der Waals surface area contributed by atoms with Gasteiger partial charge in [-0.1, -0.05) is 76.1 Å². The smallest absolute Gasteiger partial charge is 0.255 e. The second kappa shape index (κ2) is 9.65. The van der Waals surface area contributed by atoms with Crippen molar-refractivity contribution in [2.24, 2.45) is 5.10 Å². The van der Waals surface area contributed by atoms with Crippen LogP contribution in [0.3, 0.4) is 0 Å². The number of hydrogen-bond donors (Lipinski definition) is 1. The van der Waals surface area contributed by atoms with Crippen LogP contribution in [0.15, 0.2) is 113 Å². The van der Waals surface area contributed by atoms with E-state index in [4.69, 9.17) is 5.10 Å². The van der Waals surface area contributed by atoms with Crippen molar-refractivity contribution in [1.82, 2.24) is 0 Å². The summed E-state index contributed by atoms with van der Waals surface area (Å²) in [6.45, 7) is 1.98. The largest absolute Gasteiger partial charge is 0.322 e. The Morgan fingerprint density at radius 2 is 1.68 bits per heavy atom. The van der Waals surface area contributed by atoms with Crippen molar-refractivity contribution >= 4 is 38.9 Å². The van der Waals surface area contributed by atoms with Crippen molar-refractivity contribution in [1.29, 1.82) is 0 Å². The van der Waals surface area contributed by atoms with Gasteiger partial charge in [0.1, 0.15) is 0 Å². The molecular weight excluding hydrogens is 486 g/mol. The van der Waals surface area contributed by atoms with Crippen LogP contribution >= 0.6 is 15.9 Å². The molecule has 0 saturated carbocycles. The van der Waals surface area contributed by atoms with E-state index in [2.05, 4.69) is 62.7 Å². The maximum atomic E-state index is 12.7. The highest BCUT2D eigenvalue weighted by molar-refractivity contribution is 9.10. The highest BCUT2D eigenvalue weighted by Crippen LogP contribution is 2.37. The van der Waals surface area contributed by atoms with E-state index < -0.39 is 0 Å². The minimum Gasteiger partial charge on any atom is -0.322 e. The predicted octanol–water partition coefficient (Wildman–Crippen LogP) is 7.37. The van der Waals surface area contributed by atoms with E-state index in [1.807, 2.05) is 73.7 Å². The third-order valence-electron chi connectivity index (χ3n) is 5.92. The summed E-state index contributed by atoms with van der Waals surface area (Å²) in [6, 6.07) is 34.3. The van der Waals surface area contributed by atoms with E-state index in [0.29, 0.717) is 5.56 Å². The Hall–Kier alpha value is -3.70. The summed E-state index contributed by atoms with van der Waals surface area (Å²) in [5.41, 5.74) is 6.70. The number of carbonyl (C=O) groups is 1. The number of anilines is 2. The molecule has 1 aliphatic rings. The van der Waals surface area contributed by atoms with Crippen LogP contribution in [-0.4, -0.2) is 11.6 Å². The van der Waals surface area contributed by atoms with E-state index >= 15 is 0 Å². The van der Waals surface area contributed by atoms with Gasteiger partial charge in [-0.15, -0.1) is 0 Å². The van der Waals surface area contributed by atoms with Gasteiger partial charge in [0.2, 0.25) is 0 Å². The first-order valence-electron chi connectivity index (χ1n) is 11.2. The highest BCUT2D eigenvalue weighted by atomic mass is 79.9. The Labute approximate surface area is 208 Å². The molecule has 5 rings (SSSR count). The van der Waals surface area contributed by atoms with Crippen LogP contribution in [0.1, 0.15) is 39.5 Å². The van der Waals surface area contributed by atoms with Crippen molar-refractivity contribution in [3.05, 3.63) is 130 Å². The molecule has 0 fully saturated rings. The molecule has 0 spiro atoms. The van der Waals surface area contributed by atoms with Gasteiger partial charge in [0.15, 0.2) is 0 Å². The number of para-hydroxylation sites is 1. The Morgan fingerprint density at radius 1 is 0.912 bits per heavy atom. The molecule has 0 aromatic heterocycles. The molecule has 4 aromatic carbocycles. The first-order valence-corrected chi connectivity index (χ1v) is 12.0. The molecule has 0 bridgehead atoms. The molecule has 1 N–H and O–H groups in total. The lowest BCUT2D eigenvalue weighted by atomic mass is 9.98. The number of carbonyl (C=O) groups excluding carboxylic acids is 1. The van der Waals surface area contributed by atoms with E-state index in [1.54, 1.807) is 0 Å². The minimum absolute atomic E-state index is 0.0936. The van der Waals surface area contributed by atoms with Gasteiger partial charge in [-0.05, 0) is 66.6 Å². The maximum Gasteiger partial charge on any atom is 0.255 e. The maximum absolute atomic E-state index is 12.7. The summed E-state index contributed by atoms with van der Waals surface area (Å²) < 4.78 is 1.05. The second-order valence-corrected chi connectivity index (χ2v) is 9.32. The summed E-state index contributed by atoms with van der Waals surface area (Å²) in [6.07, 6.45) is 0.770. The fraction of sp³-hybridized carbons (Fsp3) is 0.103. The van der Waals surface area contributed by atoms with Crippen molar-refractivity contribution in [2.75, 3.05) is 10.3 Å². The van der Waals surface area contributed by atoms with Gasteiger partial charge in [0.25, 0.3) is 5.91 Å². The number of halogens is 1. The summed E-state index contributed by atoms with van der Waals surface area (Å²) in [5, 5.41) is 10.1. The molecule has 168 valence electrons. The van der Waals surface area contributed by atoms with Gasteiger partial charge >= 0.3 is 0 Å². The third-order valence-corrected chi connectivity index (χ3v) is 6.45. The Morgan fingerprint density at radius 3 is 2.44 bits per heavy atom. The van der Waals surface area contributed by atoms with Gasteiger partial charge < -0.3 is 5.32 Å². The average Bonchev–Trinajstić information content (AvgIpc) is 3.31. The number of hydrogen-bond acceptors (Lipinski definition) is 3. The zero-order chi connectivity index (χ0) is 23.5. The predicted molar refractivity (Wildman–Crippen MR) is 143 cm³/mol. The van der Waals surface area contributed by atoms with Crippen LogP contribution < -0.4 is 10.3 Å². The van der Waals surface area contributed by atoms with Gasteiger partial charge in [-0.2, -0.15) is 5.10 Å². The van der Waals surface area contributed by atoms with Crippen molar-refractivity contribution in [3.63, 3.8) is 0 Å². The molecule has 1 heterocycles. The Bertz CT molecular complexity index is 1350.